The van der Waals surface area contributed by atoms with Crippen LogP contribution in [0.25, 0.3) is 0 Å². The molecule has 3 N–H and O–H groups in total. The molecule has 2 radical (unpaired) electrons. The number of hydrogen-bond acceptors (Lipinski definition) is 3. The highest BCUT2D eigenvalue weighted by atomic mass is 16.3. The third-order valence-corrected chi connectivity index (χ3v) is 1.11. The third kappa shape index (κ3) is 3.51. The number of hydrogen-bond donors (Lipinski definition) is 3. The molecule has 1 unspecified atom stereocenters. The van der Waals surface area contributed by atoms with Crippen molar-refractivity contribution in [2.45, 2.75) is 24.9 Å². The summed E-state index contributed by atoms with van der Waals surface area (Å²) in [5, 5.41) is 25.9. The van der Waals surface area contributed by atoms with Gasteiger partial charge in [-0.2, -0.15) is 0 Å². The van der Waals surface area contributed by atoms with Gasteiger partial charge in [0, 0.05) is 6.61 Å². The minimum Gasteiger partial charge on any atom is -0.396 e. The maximum atomic E-state index is 8.83. The van der Waals surface area contributed by atoms with Crippen LogP contribution in [0.5, 0.6) is 0 Å². The normalized spacial score (nSPS) is 17.2. The van der Waals surface area contributed by atoms with E-state index in [0.717, 1.165) is 0 Å². The van der Waals surface area contributed by atoms with Gasteiger partial charge in [0.25, 0.3) is 0 Å². The summed E-state index contributed by atoms with van der Waals surface area (Å²) in [6.45, 7) is -0.127. The fourth-order valence-electron chi connectivity index (χ4n) is 0.482. The smallest absolute Gasteiger partial charge is 0.0813 e. The maximum absolute atomic E-state index is 8.83. The molecule has 0 rings (SSSR count). The zero-order valence-corrected chi connectivity index (χ0v) is 5.20. The second-order valence-electron chi connectivity index (χ2n) is 1.88. The summed E-state index contributed by atoms with van der Waals surface area (Å²) in [5.41, 5.74) is 0. The molecule has 2 atom stereocenters. The summed E-state index contributed by atoms with van der Waals surface area (Å²) in [4.78, 5) is 0. The van der Waals surface area contributed by atoms with E-state index >= 15 is 0 Å². The Labute approximate surface area is 55.7 Å². The van der Waals surface area contributed by atoms with Crippen LogP contribution in [-0.4, -0.2) is 42.0 Å². The van der Waals surface area contributed by atoms with Crippen molar-refractivity contribution in [3.8, 4) is 0 Å². The first-order valence-corrected chi connectivity index (χ1v) is 2.89. The molecule has 0 aliphatic rings. The van der Waals surface area contributed by atoms with Crippen LogP contribution in [-0.2, 0) is 0 Å². The summed E-state index contributed by atoms with van der Waals surface area (Å²) in [6.07, 6.45) is -1.59. The van der Waals surface area contributed by atoms with Crippen LogP contribution < -0.4 is 0 Å². The second kappa shape index (κ2) is 4.79. The molecular weight excluding hydrogens is 119 g/mol. The summed E-state index contributed by atoms with van der Waals surface area (Å²) in [6, 6.07) is 0. The summed E-state index contributed by atoms with van der Waals surface area (Å²) >= 11 is 0. The first-order valence-electron chi connectivity index (χ1n) is 2.89. The van der Waals surface area contributed by atoms with E-state index in [-0.39, 0.29) is 19.3 Å². The van der Waals surface area contributed by atoms with Crippen molar-refractivity contribution in [2.24, 2.45) is 0 Å². The SMILES string of the molecule is [B]C[C@@H](O)C(O)CCO. The average Bonchev–Trinajstić information content (AvgIpc) is 1.87. The second-order valence-corrected chi connectivity index (χ2v) is 1.88. The van der Waals surface area contributed by atoms with Crippen molar-refractivity contribution in [3.63, 3.8) is 0 Å². The van der Waals surface area contributed by atoms with E-state index in [1.807, 2.05) is 0 Å². The lowest BCUT2D eigenvalue weighted by molar-refractivity contribution is 0.0166. The predicted octanol–water partition coefficient (Wildman–Crippen LogP) is -1.32. The molecule has 0 aromatic heterocycles. The number of rotatable bonds is 4. The molecule has 0 spiro atoms. The molecule has 0 saturated heterocycles. The van der Waals surface area contributed by atoms with Crippen LogP contribution in [0, 0.1) is 0 Å². The van der Waals surface area contributed by atoms with Crippen molar-refractivity contribution >= 4 is 7.85 Å². The summed E-state index contributed by atoms with van der Waals surface area (Å²) in [7, 11) is 5.01. The summed E-state index contributed by atoms with van der Waals surface area (Å²) in [5.74, 6) is 0. The van der Waals surface area contributed by atoms with E-state index in [1.165, 1.54) is 0 Å². The van der Waals surface area contributed by atoms with Crippen LogP contribution >= 0.6 is 0 Å². The molecule has 0 aromatic rings. The van der Waals surface area contributed by atoms with Gasteiger partial charge >= 0.3 is 0 Å². The van der Waals surface area contributed by atoms with Gasteiger partial charge in [0.2, 0.25) is 0 Å². The molecule has 0 bridgehead atoms. The molecule has 52 valence electrons. The van der Waals surface area contributed by atoms with Crippen LogP contribution in [0.1, 0.15) is 6.42 Å². The molecule has 3 nitrogen and oxygen atoms in total. The van der Waals surface area contributed by atoms with Gasteiger partial charge < -0.3 is 15.3 Å². The standard InChI is InChI=1S/C5H11BO3/c6-3-5(9)4(8)1-2-7/h4-5,7-9H,1-3H2/t4?,5-/m1/s1. The van der Waals surface area contributed by atoms with E-state index in [2.05, 4.69) is 0 Å². The third-order valence-electron chi connectivity index (χ3n) is 1.11. The molecule has 0 saturated carbocycles. The molecule has 0 aromatic carbocycles. The Balaban J connectivity index is 3.32. The van der Waals surface area contributed by atoms with Crippen molar-refractivity contribution in [1.82, 2.24) is 0 Å². The zero-order chi connectivity index (χ0) is 7.28. The molecule has 0 fully saturated rings. The van der Waals surface area contributed by atoms with Gasteiger partial charge in [0.05, 0.1) is 20.1 Å². The minimum atomic E-state index is -0.905. The first-order chi connectivity index (χ1) is 4.22. The average molecular weight is 130 g/mol. The quantitative estimate of drug-likeness (QED) is 0.413. The van der Waals surface area contributed by atoms with Gasteiger partial charge in [0.1, 0.15) is 0 Å². The van der Waals surface area contributed by atoms with Crippen LogP contribution in [0.4, 0.5) is 0 Å². The van der Waals surface area contributed by atoms with Crippen LogP contribution in [0.3, 0.4) is 0 Å². The zero-order valence-electron chi connectivity index (χ0n) is 5.20. The van der Waals surface area contributed by atoms with E-state index in [4.69, 9.17) is 23.2 Å². The predicted molar refractivity (Wildman–Crippen MR) is 34.3 cm³/mol. The molecule has 9 heavy (non-hydrogen) atoms. The van der Waals surface area contributed by atoms with Crippen molar-refractivity contribution < 1.29 is 15.3 Å². The lowest BCUT2D eigenvalue weighted by Crippen LogP contribution is -2.26. The first kappa shape index (κ1) is 8.94. The fourth-order valence-corrected chi connectivity index (χ4v) is 0.482. The fraction of sp³-hybridized carbons (Fsp3) is 1.00. The highest BCUT2D eigenvalue weighted by Crippen LogP contribution is 2.00. The van der Waals surface area contributed by atoms with Crippen LogP contribution in [0.15, 0.2) is 0 Å². The Kier molecular flexibility index (Phi) is 4.76. The Morgan fingerprint density at radius 3 is 2.11 bits per heavy atom. The Hall–Kier alpha value is -0.0551. The topological polar surface area (TPSA) is 60.7 Å². The maximum Gasteiger partial charge on any atom is 0.0813 e. The summed E-state index contributed by atoms with van der Waals surface area (Å²) < 4.78 is 0. The molecule has 0 amide bonds. The molecule has 0 aliphatic carbocycles. The highest BCUT2D eigenvalue weighted by Gasteiger charge is 2.11. The van der Waals surface area contributed by atoms with Crippen molar-refractivity contribution in [2.75, 3.05) is 6.61 Å². The van der Waals surface area contributed by atoms with E-state index in [0.29, 0.717) is 0 Å². The van der Waals surface area contributed by atoms with Gasteiger partial charge in [-0.25, -0.2) is 0 Å². The monoisotopic (exact) mass is 130 g/mol. The van der Waals surface area contributed by atoms with Gasteiger partial charge in [-0.3, -0.25) is 0 Å². The molecule has 0 heterocycles. The van der Waals surface area contributed by atoms with E-state index in [1.54, 1.807) is 0 Å². The van der Waals surface area contributed by atoms with Gasteiger partial charge in [-0.15, -0.1) is 0 Å². The highest BCUT2D eigenvalue weighted by molar-refractivity contribution is 6.08. The Bertz CT molecular complexity index is 69.2. The van der Waals surface area contributed by atoms with Gasteiger partial charge in [-0.05, 0) is 6.42 Å². The lowest BCUT2D eigenvalue weighted by Gasteiger charge is -2.13. The minimum absolute atomic E-state index is 0.0289. The lowest BCUT2D eigenvalue weighted by atomic mass is 9.95. The van der Waals surface area contributed by atoms with E-state index < -0.39 is 12.2 Å². The van der Waals surface area contributed by atoms with Crippen molar-refractivity contribution in [3.05, 3.63) is 0 Å². The Morgan fingerprint density at radius 2 is 1.78 bits per heavy atom. The Morgan fingerprint density at radius 1 is 1.22 bits per heavy atom. The van der Waals surface area contributed by atoms with Crippen LogP contribution in [0.2, 0.25) is 6.32 Å². The largest absolute Gasteiger partial charge is 0.396 e. The van der Waals surface area contributed by atoms with Gasteiger partial charge in [0.15, 0.2) is 0 Å². The molecular formula is C5H11BO3. The molecule has 0 aliphatic heterocycles. The molecule has 4 heteroatoms. The number of aliphatic hydroxyl groups is 3. The van der Waals surface area contributed by atoms with E-state index in [9.17, 15) is 0 Å². The van der Waals surface area contributed by atoms with Crippen molar-refractivity contribution in [1.29, 1.82) is 0 Å². The van der Waals surface area contributed by atoms with Gasteiger partial charge in [-0.1, -0.05) is 6.32 Å². The number of aliphatic hydroxyl groups excluding tert-OH is 3.